The molecule has 0 spiro atoms. The van der Waals surface area contributed by atoms with Crippen molar-refractivity contribution in [1.29, 1.82) is 0 Å². The predicted molar refractivity (Wildman–Crippen MR) is 121 cm³/mol. The Morgan fingerprint density at radius 3 is 1.97 bits per heavy atom. The van der Waals surface area contributed by atoms with Crippen molar-refractivity contribution in [3.05, 3.63) is 0 Å². The number of hydrogen-bond donors (Lipinski definition) is 3. The molecule has 0 aromatic carbocycles. The number of carbonyl (C=O) groups excluding carboxylic acids is 4. The Labute approximate surface area is 203 Å². The molecule has 7 unspecified atom stereocenters. The van der Waals surface area contributed by atoms with E-state index in [-0.39, 0.29) is 23.8 Å². The molecular weight excluding hydrogens is 470 g/mol. The maximum atomic E-state index is 11.9. The number of rotatable bonds is 7. The molecule has 2 aliphatic rings. The van der Waals surface area contributed by atoms with Crippen molar-refractivity contribution >= 4 is 41.2 Å². The average molecular weight is 504 g/mol. The fraction of sp³-hybridized carbons (Fsp3) is 0.762. The molecule has 0 aromatic rings. The number of carbonyl (C=O) groups is 4. The van der Waals surface area contributed by atoms with Crippen molar-refractivity contribution in [2.45, 2.75) is 96.1 Å². The van der Waals surface area contributed by atoms with Gasteiger partial charge in [0.25, 0.3) is 0 Å². The zero-order chi connectivity index (χ0) is 25.4. The van der Waals surface area contributed by atoms with E-state index < -0.39 is 54.5 Å². The lowest BCUT2D eigenvalue weighted by molar-refractivity contribution is -0.254. The summed E-state index contributed by atoms with van der Waals surface area (Å²) in [6, 6.07) is -0.136. The first kappa shape index (κ1) is 27.7. The molecule has 4 N–H and O–H groups in total. The molecule has 7 atom stereocenters. The maximum Gasteiger partial charge on any atom is 0.303 e. The van der Waals surface area contributed by atoms with Crippen LogP contribution in [0.5, 0.6) is 0 Å². The third-order valence-electron chi connectivity index (χ3n) is 5.40. The molecule has 1 saturated heterocycles. The molecule has 34 heavy (non-hydrogen) atoms. The highest BCUT2D eigenvalue weighted by Crippen LogP contribution is 2.28. The second-order valence-corrected chi connectivity index (χ2v) is 8.70. The van der Waals surface area contributed by atoms with Crippen LogP contribution >= 0.6 is 12.2 Å². The van der Waals surface area contributed by atoms with E-state index in [9.17, 15) is 19.2 Å². The molecule has 0 radical (unpaired) electrons. The van der Waals surface area contributed by atoms with Crippen LogP contribution in [0.1, 0.15) is 53.4 Å². The van der Waals surface area contributed by atoms with E-state index in [0.717, 1.165) is 39.5 Å². The molecule has 1 saturated carbocycles. The largest absolute Gasteiger partial charge is 0.463 e. The van der Waals surface area contributed by atoms with Crippen LogP contribution in [0.2, 0.25) is 0 Å². The van der Waals surface area contributed by atoms with Gasteiger partial charge in [-0.25, -0.2) is 0 Å². The maximum absolute atomic E-state index is 11.9. The fourth-order valence-electron chi connectivity index (χ4n) is 4.02. The Balaban J connectivity index is 2.31. The van der Waals surface area contributed by atoms with Crippen LogP contribution in [0, 0.1) is 0 Å². The Kier molecular flexibility index (Phi) is 10.5. The molecule has 1 aliphatic heterocycles. The van der Waals surface area contributed by atoms with E-state index in [4.69, 9.17) is 41.6 Å². The normalized spacial score (nSPS) is 30.9. The monoisotopic (exact) mass is 503 g/mol. The summed E-state index contributed by atoms with van der Waals surface area (Å²) >= 11 is 5.43. The van der Waals surface area contributed by atoms with E-state index >= 15 is 0 Å². The smallest absolute Gasteiger partial charge is 0.303 e. The molecule has 192 valence electrons. The molecule has 13 heteroatoms. The van der Waals surface area contributed by atoms with Crippen molar-refractivity contribution in [2.75, 3.05) is 6.61 Å². The Hall–Kier alpha value is -2.51. The van der Waals surface area contributed by atoms with E-state index in [0.29, 0.717) is 0 Å². The molecule has 0 aromatic heterocycles. The SMILES string of the molecule is CC(=O)OCC1OC(NC(=S)NC2CCCCC2N)C(OC(C)=O)C(OC(C)=O)C1OC(C)=O. The van der Waals surface area contributed by atoms with Crippen LogP contribution in [0.15, 0.2) is 0 Å². The molecule has 2 fully saturated rings. The highest BCUT2D eigenvalue weighted by atomic mass is 32.1. The standard InChI is InChI=1S/C21H33N3O9S/c1-10(25)29-9-16-17(30-11(2)26)18(31-12(3)27)19(32-13(4)28)20(33-16)24-21(34)23-15-8-6-5-7-14(15)22/h14-20H,5-9,22H2,1-4H3,(H2,23,24,34). The summed E-state index contributed by atoms with van der Waals surface area (Å²) in [6.45, 7) is 4.38. The summed E-state index contributed by atoms with van der Waals surface area (Å²) in [5.74, 6) is -2.69. The molecule has 2 rings (SSSR count). The van der Waals surface area contributed by atoms with Gasteiger partial charge in [-0.15, -0.1) is 0 Å². The van der Waals surface area contributed by atoms with Crippen LogP contribution in [-0.2, 0) is 42.9 Å². The minimum absolute atomic E-state index is 0.0561. The van der Waals surface area contributed by atoms with Gasteiger partial charge in [-0.3, -0.25) is 19.2 Å². The van der Waals surface area contributed by atoms with Crippen LogP contribution < -0.4 is 16.4 Å². The Bertz CT molecular complexity index is 781. The van der Waals surface area contributed by atoms with Crippen molar-refractivity contribution in [1.82, 2.24) is 10.6 Å². The Morgan fingerprint density at radius 2 is 1.41 bits per heavy atom. The zero-order valence-electron chi connectivity index (χ0n) is 19.7. The number of esters is 4. The third-order valence-corrected chi connectivity index (χ3v) is 5.64. The first-order valence-electron chi connectivity index (χ1n) is 11.1. The number of thiocarbonyl (C=S) groups is 1. The first-order valence-corrected chi connectivity index (χ1v) is 11.5. The quantitative estimate of drug-likeness (QED) is 0.238. The van der Waals surface area contributed by atoms with E-state index in [1.165, 1.54) is 13.8 Å². The van der Waals surface area contributed by atoms with E-state index in [1.54, 1.807) is 0 Å². The highest BCUT2D eigenvalue weighted by molar-refractivity contribution is 7.80. The molecular formula is C21H33N3O9S. The summed E-state index contributed by atoms with van der Waals surface area (Å²) in [5.41, 5.74) is 6.18. The van der Waals surface area contributed by atoms with E-state index in [1.807, 2.05) is 0 Å². The van der Waals surface area contributed by atoms with Gasteiger partial charge in [0.1, 0.15) is 12.7 Å². The average Bonchev–Trinajstić information content (AvgIpc) is 2.71. The van der Waals surface area contributed by atoms with Crippen LogP contribution in [0.3, 0.4) is 0 Å². The minimum atomic E-state index is -1.27. The molecule has 0 amide bonds. The lowest BCUT2D eigenvalue weighted by Gasteiger charge is -2.45. The molecule has 0 bridgehead atoms. The first-order chi connectivity index (χ1) is 16.0. The summed E-state index contributed by atoms with van der Waals surface area (Å²) < 4.78 is 27.2. The highest BCUT2D eigenvalue weighted by Gasteiger charge is 2.52. The summed E-state index contributed by atoms with van der Waals surface area (Å²) in [5, 5.41) is 6.26. The molecule has 12 nitrogen and oxygen atoms in total. The lowest BCUT2D eigenvalue weighted by Crippen LogP contribution is -2.67. The van der Waals surface area contributed by atoms with Gasteiger partial charge >= 0.3 is 23.9 Å². The summed E-state index contributed by atoms with van der Waals surface area (Å²) in [6.07, 6.45) is -2.17. The van der Waals surface area contributed by atoms with Gasteiger partial charge in [0.15, 0.2) is 29.7 Å². The number of nitrogens with one attached hydrogen (secondary N) is 2. The summed E-state index contributed by atoms with van der Waals surface area (Å²) in [7, 11) is 0. The fourth-order valence-corrected chi connectivity index (χ4v) is 4.29. The molecule has 1 aliphatic carbocycles. The lowest BCUT2D eigenvalue weighted by atomic mass is 9.91. The predicted octanol–water partition coefficient (Wildman–Crippen LogP) is -0.196. The van der Waals surface area contributed by atoms with Gasteiger partial charge in [-0.05, 0) is 25.1 Å². The van der Waals surface area contributed by atoms with Crippen LogP contribution in [0.4, 0.5) is 0 Å². The topological polar surface area (TPSA) is 165 Å². The number of ether oxygens (including phenoxy) is 5. The van der Waals surface area contributed by atoms with Crippen molar-refractivity contribution < 1.29 is 42.9 Å². The minimum Gasteiger partial charge on any atom is -0.463 e. The van der Waals surface area contributed by atoms with Gasteiger partial charge in [0, 0.05) is 39.8 Å². The van der Waals surface area contributed by atoms with Gasteiger partial charge in [-0.2, -0.15) is 0 Å². The van der Waals surface area contributed by atoms with E-state index in [2.05, 4.69) is 10.6 Å². The van der Waals surface area contributed by atoms with Gasteiger partial charge in [0.2, 0.25) is 0 Å². The van der Waals surface area contributed by atoms with Crippen LogP contribution in [0.25, 0.3) is 0 Å². The molecule has 1 heterocycles. The second-order valence-electron chi connectivity index (χ2n) is 8.29. The number of hydrogen-bond acceptors (Lipinski definition) is 11. The summed E-state index contributed by atoms with van der Waals surface area (Å²) in [4.78, 5) is 46.9. The van der Waals surface area contributed by atoms with Gasteiger partial charge in [-0.1, -0.05) is 12.8 Å². The van der Waals surface area contributed by atoms with Crippen LogP contribution in [-0.4, -0.2) is 78.3 Å². The zero-order valence-corrected chi connectivity index (χ0v) is 20.6. The number of nitrogens with two attached hydrogens (primary N) is 1. The third kappa shape index (κ3) is 8.37. The van der Waals surface area contributed by atoms with Crippen molar-refractivity contribution in [3.63, 3.8) is 0 Å². The van der Waals surface area contributed by atoms with Crippen molar-refractivity contribution in [2.24, 2.45) is 5.73 Å². The second kappa shape index (κ2) is 12.8. The van der Waals surface area contributed by atoms with Gasteiger partial charge < -0.3 is 40.1 Å². The van der Waals surface area contributed by atoms with Gasteiger partial charge in [0.05, 0.1) is 0 Å². The van der Waals surface area contributed by atoms with Crippen molar-refractivity contribution in [3.8, 4) is 0 Å². The Morgan fingerprint density at radius 1 is 0.853 bits per heavy atom.